The smallest absolute Gasteiger partial charge is 0.206 e. The van der Waals surface area contributed by atoms with Gasteiger partial charge < -0.3 is 0 Å². The topological polar surface area (TPSA) is 0 Å². The molecule has 0 N–H and O–H groups in total. The van der Waals surface area contributed by atoms with Gasteiger partial charge in [0.25, 0.3) is 0 Å². The molecule has 4 heteroatoms. The van der Waals surface area contributed by atoms with Crippen LogP contribution in [0.15, 0.2) is 42.0 Å². The van der Waals surface area contributed by atoms with E-state index in [4.69, 9.17) is 0 Å². The van der Waals surface area contributed by atoms with Crippen LogP contribution in [0.25, 0.3) is 6.08 Å². The monoisotopic (exact) mass is 272 g/mol. The van der Waals surface area contributed by atoms with Gasteiger partial charge in [-0.3, -0.25) is 0 Å². The minimum absolute atomic E-state index is 0.190. The quantitative estimate of drug-likeness (QED) is 0.489. The van der Waals surface area contributed by atoms with Crippen molar-refractivity contribution in [3.63, 3.8) is 0 Å². The molecule has 104 valence electrons. The van der Waals surface area contributed by atoms with E-state index in [1.807, 2.05) is 6.92 Å². The van der Waals surface area contributed by atoms with Crippen LogP contribution in [0.5, 0.6) is 0 Å². The molecule has 0 saturated carbocycles. The zero-order chi connectivity index (χ0) is 14.3. The summed E-state index contributed by atoms with van der Waals surface area (Å²) in [4.78, 5) is 0. The van der Waals surface area contributed by atoms with Gasteiger partial charge in [-0.25, -0.2) is 4.39 Å². The Balaban J connectivity index is 2.96. The molecule has 0 spiro atoms. The van der Waals surface area contributed by atoms with Crippen LogP contribution in [0.2, 0.25) is 0 Å². The predicted molar refractivity (Wildman–Crippen MR) is 69.1 cm³/mol. The van der Waals surface area contributed by atoms with Gasteiger partial charge in [-0.1, -0.05) is 37.6 Å². The van der Waals surface area contributed by atoms with Gasteiger partial charge in [-0.05, 0) is 30.6 Å². The fourth-order valence-electron chi connectivity index (χ4n) is 1.58. The molecule has 0 fully saturated rings. The molecule has 0 aliphatic heterocycles. The van der Waals surface area contributed by atoms with Gasteiger partial charge in [0.1, 0.15) is 5.82 Å². The lowest BCUT2D eigenvalue weighted by Gasteiger charge is -2.04. The molecule has 1 aromatic carbocycles. The summed E-state index contributed by atoms with van der Waals surface area (Å²) >= 11 is 0. The van der Waals surface area contributed by atoms with Crippen molar-refractivity contribution in [2.75, 3.05) is 0 Å². The predicted octanol–water partition coefficient (Wildman–Crippen LogP) is 5.52. The van der Waals surface area contributed by atoms with Crippen molar-refractivity contribution in [2.45, 2.75) is 32.4 Å². The van der Waals surface area contributed by atoms with Crippen molar-refractivity contribution in [1.29, 1.82) is 0 Å². The van der Waals surface area contributed by atoms with Crippen LogP contribution >= 0.6 is 0 Å². The molecule has 0 aliphatic carbocycles. The summed E-state index contributed by atoms with van der Waals surface area (Å²) in [6.07, 6.45) is 0.458. The average Bonchev–Trinajstić information content (AvgIpc) is 2.34. The summed E-state index contributed by atoms with van der Waals surface area (Å²) in [6, 6.07) is 6.03. The molecule has 0 unspecified atom stereocenters. The van der Waals surface area contributed by atoms with E-state index in [0.29, 0.717) is 17.6 Å². The van der Waals surface area contributed by atoms with Crippen molar-refractivity contribution in [1.82, 2.24) is 0 Å². The molecule has 0 saturated heterocycles. The molecule has 1 aromatic rings. The highest BCUT2D eigenvalue weighted by molar-refractivity contribution is 5.56. The Kier molecular flexibility index (Phi) is 5.80. The normalized spacial score (nSPS) is 13.2. The highest BCUT2D eigenvalue weighted by Gasteiger charge is 2.21. The largest absolute Gasteiger partial charge is 0.409 e. The maximum absolute atomic E-state index is 13.5. The molecule has 19 heavy (non-hydrogen) atoms. The van der Waals surface area contributed by atoms with E-state index in [0.717, 1.165) is 18.9 Å². The lowest BCUT2D eigenvalue weighted by Crippen LogP contribution is -2.00. The fraction of sp³-hybridized carbons (Fsp3) is 0.333. The van der Waals surface area contributed by atoms with Gasteiger partial charge >= 0.3 is 6.18 Å². The molecule has 0 aromatic heterocycles. The first-order valence-electron chi connectivity index (χ1n) is 6.13. The van der Waals surface area contributed by atoms with Gasteiger partial charge in [0, 0.05) is 11.6 Å². The second-order valence-electron chi connectivity index (χ2n) is 4.22. The van der Waals surface area contributed by atoms with E-state index in [2.05, 4.69) is 0 Å². The van der Waals surface area contributed by atoms with Gasteiger partial charge in [-0.15, -0.1) is 0 Å². The Morgan fingerprint density at radius 1 is 1.21 bits per heavy atom. The number of alkyl halides is 3. The van der Waals surface area contributed by atoms with Crippen LogP contribution in [-0.2, 0) is 0 Å². The van der Waals surface area contributed by atoms with Crippen LogP contribution in [0.1, 0.15) is 31.7 Å². The van der Waals surface area contributed by atoms with Crippen LogP contribution < -0.4 is 0 Å². The standard InChI is InChI=1S/C15H16F4/c1-2-3-6-12(9-10-15(17,18)19)11-13-7-4-5-8-14(13)16/h4-5,7-11H,2-3,6H2,1H3/b10-9+,12-11+. The third-order valence-electron chi connectivity index (χ3n) is 2.55. The Labute approximate surface area is 110 Å². The van der Waals surface area contributed by atoms with Crippen LogP contribution in [0, 0.1) is 5.82 Å². The first-order valence-corrected chi connectivity index (χ1v) is 6.13. The number of rotatable bonds is 5. The summed E-state index contributed by atoms with van der Waals surface area (Å²) in [5.41, 5.74) is 0.782. The average molecular weight is 272 g/mol. The van der Waals surface area contributed by atoms with Crippen LogP contribution in [0.3, 0.4) is 0 Å². The Hall–Kier alpha value is -1.58. The Bertz CT molecular complexity index is 455. The molecule has 0 heterocycles. The number of hydrogen-bond acceptors (Lipinski definition) is 0. The zero-order valence-corrected chi connectivity index (χ0v) is 10.7. The van der Waals surface area contributed by atoms with Crippen molar-refractivity contribution >= 4 is 6.08 Å². The number of hydrogen-bond donors (Lipinski definition) is 0. The third-order valence-corrected chi connectivity index (χ3v) is 2.55. The maximum atomic E-state index is 13.5. The number of benzene rings is 1. The van der Waals surface area contributed by atoms with Crippen LogP contribution in [0.4, 0.5) is 17.6 Å². The number of allylic oxidation sites excluding steroid dienone is 3. The molecule has 0 amide bonds. The Morgan fingerprint density at radius 3 is 2.47 bits per heavy atom. The number of unbranched alkanes of at least 4 members (excludes halogenated alkanes) is 1. The van der Waals surface area contributed by atoms with Crippen molar-refractivity contribution in [2.24, 2.45) is 0 Å². The van der Waals surface area contributed by atoms with E-state index < -0.39 is 12.0 Å². The van der Waals surface area contributed by atoms with E-state index in [1.54, 1.807) is 18.2 Å². The van der Waals surface area contributed by atoms with Gasteiger partial charge in [0.2, 0.25) is 0 Å². The molecule has 0 nitrogen and oxygen atoms in total. The summed E-state index contributed by atoms with van der Waals surface area (Å²) in [7, 11) is 0. The molecule has 0 atom stereocenters. The molecule has 0 aliphatic rings. The molecule has 1 rings (SSSR count). The highest BCUT2D eigenvalue weighted by atomic mass is 19.4. The van der Waals surface area contributed by atoms with Gasteiger partial charge in [0.15, 0.2) is 0 Å². The minimum atomic E-state index is -4.35. The third kappa shape index (κ3) is 6.22. The summed E-state index contributed by atoms with van der Waals surface area (Å²) in [5, 5.41) is 0. The lowest BCUT2D eigenvalue weighted by atomic mass is 10.0. The summed E-state index contributed by atoms with van der Waals surface area (Å²) in [6.45, 7) is 1.95. The number of halogens is 4. The SMILES string of the molecule is CCCCC(/C=C/C(F)(F)F)=C\c1ccccc1F. The molecule has 0 radical (unpaired) electrons. The van der Waals surface area contributed by atoms with E-state index in [9.17, 15) is 17.6 Å². The van der Waals surface area contributed by atoms with Crippen molar-refractivity contribution < 1.29 is 17.6 Å². The summed E-state index contributed by atoms with van der Waals surface area (Å²) in [5.74, 6) is -0.433. The van der Waals surface area contributed by atoms with Crippen molar-refractivity contribution in [3.05, 3.63) is 53.4 Å². The fourth-order valence-corrected chi connectivity index (χ4v) is 1.58. The molecular formula is C15H16F4. The van der Waals surface area contributed by atoms with Gasteiger partial charge in [-0.2, -0.15) is 13.2 Å². The lowest BCUT2D eigenvalue weighted by molar-refractivity contribution is -0.0798. The minimum Gasteiger partial charge on any atom is -0.206 e. The van der Waals surface area contributed by atoms with E-state index in [1.165, 1.54) is 12.1 Å². The molecular weight excluding hydrogens is 256 g/mol. The van der Waals surface area contributed by atoms with E-state index >= 15 is 0 Å². The summed E-state index contributed by atoms with van der Waals surface area (Å²) < 4.78 is 50.0. The van der Waals surface area contributed by atoms with Crippen LogP contribution in [-0.4, -0.2) is 6.18 Å². The second kappa shape index (κ2) is 7.12. The highest BCUT2D eigenvalue weighted by Crippen LogP contribution is 2.21. The zero-order valence-electron chi connectivity index (χ0n) is 10.7. The molecule has 0 bridgehead atoms. The maximum Gasteiger partial charge on any atom is 0.409 e. The first kappa shape index (κ1) is 15.5. The van der Waals surface area contributed by atoms with E-state index in [-0.39, 0.29) is 6.08 Å². The second-order valence-corrected chi connectivity index (χ2v) is 4.22. The Morgan fingerprint density at radius 2 is 1.89 bits per heavy atom. The van der Waals surface area contributed by atoms with Gasteiger partial charge in [0.05, 0.1) is 0 Å². The first-order chi connectivity index (χ1) is 8.92. The van der Waals surface area contributed by atoms with Crippen molar-refractivity contribution in [3.8, 4) is 0 Å².